The van der Waals surface area contributed by atoms with Crippen molar-refractivity contribution in [2.75, 3.05) is 26.2 Å². The lowest BCUT2D eigenvalue weighted by atomic mass is 10.1. The van der Waals surface area contributed by atoms with Gasteiger partial charge in [-0.05, 0) is 43.9 Å². The van der Waals surface area contributed by atoms with Crippen LogP contribution in [0.25, 0.3) is 5.65 Å². The number of piperazine rings is 1. The largest absolute Gasteiger partial charge is 0.340 e. The predicted molar refractivity (Wildman–Crippen MR) is 116 cm³/mol. The van der Waals surface area contributed by atoms with Crippen molar-refractivity contribution in [3.05, 3.63) is 71.7 Å². The van der Waals surface area contributed by atoms with Crippen molar-refractivity contribution in [2.45, 2.75) is 39.2 Å². The summed E-state index contributed by atoms with van der Waals surface area (Å²) in [5.74, 6) is 0.307. The molecule has 3 aromatic rings. The van der Waals surface area contributed by atoms with Crippen molar-refractivity contribution in [3.8, 4) is 0 Å². The number of carbonyl (C=O) groups excluding carboxylic acids is 1. The van der Waals surface area contributed by atoms with Crippen LogP contribution in [0.5, 0.6) is 0 Å². The maximum Gasteiger partial charge on any atom is 0.222 e. The first-order valence-corrected chi connectivity index (χ1v) is 10.7. The van der Waals surface area contributed by atoms with Gasteiger partial charge in [0.05, 0.1) is 5.69 Å². The minimum Gasteiger partial charge on any atom is -0.340 e. The number of fused-ring (bicyclic) bond motifs is 1. The molecule has 0 saturated carbocycles. The Morgan fingerprint density at radius 3 is 2.55 bits per heavy atom. The van der Waals surface area contributed by atoms with Crippen LogP contribution >= 0.6 is 0 Å². The number of hydrogen-bond donors (Lipinski definition) is 0. The van der Waals surface area contributed by atoms with Gasteiger partial charge in [0, 0.05) is 51.5 Å². The minimum absolute atomic E-state index is 0.307. The predicted octanol–water partition coefficient (Wildman–Crippen LogP) is 3.70. The molecule has 0 unspecified atom stereocenters. The van der Waals surface area contributed by atoms with Gasteiger partial charge >= 0.3 is 0 Å². The summed E-state index contributed by atoms with van der Waals surface area (Å²) in [6.45, 7) is 6.44. The number of amides is 1. The molecule has 1 amide bonds. The van der Waals surface area contributed by atoms with E-state index in [4.69, 9.17) is 0 Å². The van der Waals surface area contributed by atoms with Gasteiger partial charge in [0.15, 0.2) is 0 Å². The van der Waals surface area contributed by atoms with E-state index in [0.717, 1.165) is 63.3 Å². The number of carbonyl (C=O) groups is 1. The summed E-state index contributed by atoms with van der Waals surface area (Å²) < 4.78 is 2.06. The van der Waals surface area contributed by atoms with E-state index in [0.29, 0.717) is 12.3 Å². The average Bonchev–Trinajstić information content (AvgIpc) is 3.15. The standard InChI is InChI=1S/C24H30N4O/c1-20-9-11-21(12-10-20)6-2-3-8-24(29)27-16-14-26(15-17-27)18-22-19-28-13-5-4-7-23(28)25-22/h4-5,7,9-13,19H,2-3,6,8,14-18H2,1H3. The fourth-order valence-corrected chi connectivity index (χ4v) is 3.97. The van der Waals surface area contributed by atoms with Gasteiger partial charge in [-0.2, -0.15) is 0 Å². The molecule has 0 spiro atoms. The first-order chi connectivity index (χ1) is 14.2. The van der Waals surface area contributed by atoms with Gasteiger partial charge in [-0.25, -0.2) is 4.98 Å². The Bertz CT molecular complexity index is 906. The van der Waals surface area contributed by atoms with Crippen LogP contribution < -0.4 is 0 Å². The van der Waals surface area contributed by atoms with E-state index in [1.54, 1.807) is 0 Å². The molecule has 1 aromatic carbocycles. The van der Waals surface area contributed by atoms with Crippen molar-refractivity contribution in [3.63, 3.8) is 0 Å². The number of unbranched alkanes of at least 4 members (excludes halogenated alkanes) is 1. The zero-order valence-electron chi connectivity index (χ0n) is 17.3. The number of imidazole rings is 1. The van der Waals surface area contributed by atoms with Crippen molar-refractivity contribution < 1.29 is 4.79 Å². The summed E-state index contributed by atoms with van der Waals surface area (Å²) in [4.78, 5) is 21.6. The molecule has 5 heteroatoms. The molecule has 1 aliphatic heterocycles. The Hall–Kier alpha value is -2.66. The summed E-state index contributed by atoms with van der Waals surface area (Å²) in [6, 6.07) is 14.8. The molecule has 1 saturated heterocycles. The molecule has 0 radical (unpaired) electrons. The van der Waals surface area contributed by atoms with Gasteiger partial charge in [0.2, 0.25) is 5.91 Å². The highest BCUT2D eigenvalue weighted by Crippen LogP contribution is 2.13. The van der Waals surface area contributed by atoms with Gasteiger partial charge in [0.25, 0.3) is 0 Å². The second kappa shape index (κ2) is 9.23. The van der Waals surface area contributed by atoms with E-state index in [1.165, 1.54) is 11.1 Å². The number of hydrogen-bond acceptors (Lipinski definition) is 3. The van der Waals surface area contributed by atoms with E-state index in [-0.39, 0.29) is 0 Å². The Morgan fingerprint density at radius 1 is 1.00 bits per heavy atom. The Morgan fingerprint density at radius 2 is 1.79 bits per heavy atom. The normalized spacial score (nSPS) is 15.1. The molecule has 152 valence electrons. The Labute approximate surface area is 173 Å². The van der Waals surface area contributed by atoms with Gasteiger partial charge in [0.1, 0.15) is 5.65 Å². The lowest BCUT2D eigenvalue weighted by Crippen LogP contribution is -2.48. The first-order valence-electron chi connectivity index (χ1n) is 10.7. The number of aryl methyl sites for hydroxylation is 2. The summed E-state index contributed by atoms with van der Waals surface area (Å²) in [5, 5.41) is 0. The van der Waals surface area contributed by atoms with Crippen LogP contribution in [0.2, 0.25) is 0 Å². The van der Waals surface area contributed by atoms with Crippen molar-refractivity contribution in [1.82, 2.24) is 19.2 Å². The van der Waals surface area contributed by atoms with Gasteiger partial charge in [-0.3, -0.25) is 9.69 Å². The fraction of sp³-hybridized carbons (Fsp3) is 0.417. The summed E-state index contributed by atoms with van der Waals surface area (Å²) >= 11 is 0. The van der Waals surface area contributed by atoms with E-state index in [9.17, 15) is 4.79 Å². The highest BCUT2D eigenvalue weighted by atomic mass is 16.2. The maximum atomic E-state index is 12.5. The van der Waals surface area contributed by atoms with Crippen LogP contribution in [0.15, 0.2) is 54.9 Å². The van der Waals surface area contributed by atoms with Gasteiger partial charge < -0.3 is 9.30 Å². The Kier molecular flexibility index (Phi) is 6.25. The van der Waals surface area contributed by atoms with E-state index in [1.807, 2.05) is 29.3 Å². The number of nitrogens with zero attached hydrogens (tertiary/aromatic N) is 4. The van der Waals surface area contributed by atoms with E-state index < -0.39 is 0 Å². The number of benzene rings is 1. The molecule has 1 fully saturated rings. The second-order valence-corrected chi connectivity index (χ2v) is 8.05. The average molecular weight is 391 g/mol. The van der Waals surface area contributed by atoms with Crippen molar-refractivity contribution in [1.29, 1.82) is 0 Å². The second-order valence-electron chi connectivity index (χ2n) is 8.05. The van der Waals surface area contributed by atoms with Gasteiger partial charge in [-0.1, -0.05) is 35.9 Å². The van der Waals surface area contributed by atoms with Crippen LogP contribution in [0.3, 0.4) is 0 Å². The van der Waals surface area contributed by atoms with Crippen LogP contribution in [0.4, 0.5) is 0 Å². The van der Waals surface area contributed by atoms with Crippen molar-refractivity contribution >= 4 is 11.6 Å². The monoisotopic (exact) mass is 390 g/mol. The van der Waals surface area contributed by atoms with Crippen LogP contribution in [-0.4, -0.2) is 51.3 Å². The molecule has 29 heavy (non-hydrogen) atoms. The molecule has 3 heterocycles. The third-order valence-electron chi connectivity index (χ3n) is 5.75. The summed E-state index contributed by atoms with van der Waals surface area (Å²) in [5.41, 5.74) is 4.74. The Balaban J connectivity index is 1.17. The molecule has 0 bridgehead atoms. The van der Waals surface area contributed by atoms with Crippen LogP contribution in [0, 0.1) is 6.92 Å². The third-order valence-corrected chi connectivity index (χ3v) is 5.75. The van der Waals surface area contributed by atoms with Crippen molar-refractivity contribution in [2.24, 2.45) is 0 Å². The zero-order valence-corrected chi connectivity index (χ0v) is 17.3. The summed E-state index contributed by atoms with van der Waals surface area (Å²) in [7, 11) is 0. The lowest BCUT2D eigenvalue weighted by Gasteiger charge is -2.34. The number of aromatic nitrogens is 2. The van der Waals surface area contributed by atoms with E-state index in [2.05, 4.69) is 51.7 Å². The fourth-order valence-electron chi connectivity index (χ4n) is 3.97. The zero-order chi connectivity index (χ0) is 20.1. The third kappa shape index (κ3) is 5.24. The summed E-state index contributed by atoms with van der Waals surface area (Å²) in [6.07, 6.45) is 7.89. The molecule has 0 aliphatic carbocycles. The first kappa shape index (κ1) is 19.6. The molecular formula is C24H30N4O. The molecule has 5 nitrogen and oxygen atoms in total. The highest BCUT2D eigenvalue weighted by molar-refractivity contribution is 5.76. The molecule has 2 aromatic heterocycles. The number of pyridine rings is 1. The molecule has 0 N–H and O–H groups in total. The van der Waals surface area contributed by atoms with Crippen LogP contribution in [0.1, 0.15) is 36.1 Å². The van der Waals surface area contributed by atoms with E-state index >= 15 is 0 Å². The topological polar surface area (TPSA) is 40.9 Å². The maximum absolute atomic E-state index is 12.5. The minimum atomic E-state index is 0.307. The molecular weight excluding hydrogens is 360 g/mol. The highest BCUT2D eigenvalue weighted by Gasteiger charge is 2.21. The SMILES string of the molecule is Cc1ccc(CCCCC(=O)N2CCN(Cc3cn4ccccc4n3)CC2)cc1. The smallest absolute Gasteiger partial charge is 0.222 e. The molecule has 1 aliphatic rings. The quantitative estimate of drug-likeness (QED) is 0.578. The van der Waals surface area contributed by atoms with Gasteiger partial charge in [-0.15, -0.1) is 0 Å². The molecule has 4 rings (SSSR count). The van der Waals surface area contributed by atoms with Crippen LogP contribution in [-0.2, 0) is 17.8 Å². The number of rotatable bonds is 7. The molecule has 0 atom stereocenters. The lowest BCUT2D eigenvalue weighted by molar-refractivity contribution is -0.133.